The van der Waals surface area contributed by atoms with Crippen molar-refractivity contribution in [2.75, 3.05) is 57.2 Å². The predicted octanol–water partition coefficient (Wildman–Crippen LogP) is 3.43. The average molecular weight is 591 g/mol. The number of nitrogens with zero attached hydrogens (tertiary/aromatic N) is 4. The normalized spacial score (nSPS) is 14.9. The fourth-order valence-electron chi connectivity index (χ4n) is 4.64. The second kappa shape index (κ2) is 12.4. The molecule has 1 amide bonds. The molecule has 0 radical (unpaired) electrons. The van der Waals surface area contributed by atoms with E-state index in [1.165, 1.54) is 16.8 Å². The summed E-state index contributed by atoms with van der Waals surface area (Å²) in [4.78, 5) is 19.6. The Balaban J connectivity index is 1.49. The van der Waals surface area contributed by atoms with Crippen LogP contribution in [0.4, 0.5) is 24.5 Å². The van der Waals surface area contributed by atoms with Gasteiger partial charge in [-0.25, -0.2) is 13.4 Å². The number of aromatic nitrogens is 2. The molecule has 0 spiro atoms. The van der Waals surface area contributed by atoms with Gasteiger partial charge in [0, 0.05) is 50.6 Å². The zero-order chi connectivity index (χ0) is 29.8. The summed E-state index contributed by atoms with van der Waals surface area (Å²) in [6, 6.07) is 9.95. The molecular formula is C28H33F3N6O3S. The van der Waals surface area contributed by atoms with Crippen LogP contribution in [0.3, 0.4) is 0 Å². The zero-order valence-corrected chi connectivity index (χ0v) is 23.9. The Hall–Kier alpha value is -3.76. The van der Waals surface area contributed by atoms with Crippen molar-refractivity contribution in [2.45, 2.75) is 36.6 Å². The van der Waals surface area contributed by atoms with Crippen molar-refractivity contribution in [3.05, 3.63) is 48.3 Å². The van der Waals surface area contributed by atoms with E-state index in [-0.39, 0.29) is 29.2 Å². The third kappa shape index (κ3) is 8.14. The van der Waals surface area contributed by atoms with E-state index in [2.05, 4.69) is 32.4 Å². The van der Waals surface area contributed by atoms with Crippen LogP contribution in [0, 0.1) is 11.8 Å². The second-order valence-electron chi connectivity index (χ2n) is 10.3. The minimum absolute atomic E-state index is 0.0533. The Kier molecular flexibility index (Phi) is 9.14. The van der Waals surface area contributed by atoms with E-state index in [1.54, 1.807) is 43.3 Å². The summed E-state index contributed by atoms with van der Waals surface area (Å²) < 4.78 is 64.9. The number of rotatable bonds is 8. The fraction of sp³-hybridized carbons (Fsp3) is 0.429. The van der Waals surface area contributed by atoms with Gasteiger partial charge in [-0.3, -0.25) is 9.69 Å². The molecule has 1 aliphatic rings. The molecule has 41 heavy (non-hydrogen) atoms. The molecule has 3 heterocycles. The Morgan fingerprint density at radius 3 is 2.51 bits per heavy atom. The molecule has 13 heteroatoms. The van der Waals surface area contributed by atoms with E-state index >= 15 is 0 Å². The highest BCUT2D eigenvalue weighted by atomic mass is 32.2. The number of fused-ring (bicyclic) bond motifs is 1. The van der Waals surface area contributed by atoms with Crippen LogP contribution in [0.25, 0.3) is 10.9 Å². The number of halogens is 3. The van der Waals surface area contributed by atoms with Gasteiger partial charge in [0.2, 0.25) is 5.91 Å². The summed E-state index contributed by atoms with van der Waals surface area (Å²) >= 11 is 0. The van der Waals surface area contributed by atoms with E-state index in [0.29, 0.717) is 23.1 Å². The van der Waals surface area contributed by atoms with E-state index in [1.807, 2.05) is 6.07 Å². The van der Waals surface area contributed by atoms with Gasteiger partial charge in [-0.2, -0.15) is 13.2 Å². The molecule has 3 aromatic rings. The van der Waals surface area contributed by atoms with Gasteiger partial charge in [0.25, 0.3) is 0 Å². The number of alkyl halides is 3. The van der Waals surface area contributed by atoms with Crippen molar-refractivity contribution in [2.24, 2.45) is 0 Å². The molecule has 220 valence electrons. The third-order valence-corrected chi connectivity index (χ3v) is 7.80. The molecular weight excluding hydrogens is 557 g/mol. The number of sulfone groups is 1. The van der Waals surface area contributed by atoms with Crippen molar-refractivity contribution in [3.8, 4) is 11.8 Å². The van der Waals surface area contributed by atoms with Gasteiger partial charge in [-0.05, 0) is 49.1 Å². The number of hydrogen-bond acceptors (Lipinski definition) is 7. The lowest BCUT2D eigenvalue weighted by molar-refractivity contribution is -0.140. The van der Waals surface area contributed by atoms with E-state index < -0.39 is 22.6 Å². The summed E-state index contributed by atoms with van der Waals surface area (Å²) in [6.45, 7) is 0.812. The molecule has 1 fully saturated rings. The standard InChI is InChI=1S/C28H33F3N6O3S/c1-35(2)27(38)18-36-14-11-20(12-15-36)34-24-7-4-8-25-23(24)16-22(37(25)19-28(29,30)31)6-5-13-32-21-9-10-26(33-17-21)41(3,39)40/h4,7-10,16-17,20,32,34H,11-15,18-19H2,1-3H3. The van der Waals surface area contributed by atoms with E-state index in [0.717, 1.165) is 37.9 Å². The summed E-state index contributed by atoms with van der Waals surface area (Å²) in [7, 11) is 0.0454. The Morgan fingerprint density at radius 2 is 1.90 bits per heavy atom. The van der Waals surface area contributed by atoms with Crippen molar-refractivity contribution in [1.82, 2.24) is 19.4 Å². The molecule has 2 N–H and O–H groups in total. The second-order valence-corrected chi connectivity index (χ2v) is 12.2. The summed E-state index contributed by atoms with van der Waals surface area (Å²) in [5.74, 6) is 5.77. The smallest absolute Gasteiger partial charge is 0.382 e. The monoisotopic (exact) mass is 590 g/mol. The summed E-state index contributed by atoms with van der Waals surface area (Å²) in [5.41, 5.74) is 1.94. The van der Waals surface area contributed by atoms with Crippen LogP contribution in [0.2, 0.25) is 0 Å². The van der Waals surface area contributed by atoms with Crippen molar-refractivity contribution in [1.29, 1.82) is 0 Å². The maximum Gasteiger partial charge on any atom is 0.406 e. The number of anilines is 2. The predicted molar refractivity (Wildman–Crippen MR) is 152 cm³/mol. The van der Waals surface area contributed by atoms with Crippen LogP contribution in [0.15, 0.2) is 47.6 Å². The quantitative estimate of drug-likeness (QED) is 0.388. The first-order chi connectivity index (χ1) is 19.3. The van der Waals surface area contributed by atoms with Crippen LogP contribution >= 0.6 is 0 Å². The maximum absolute atomic E-state index is 13.5. The largest absolute Gasteiger partial charge is 0.406 e. The van der Waals surface area contributed by atoms with Crippen LogP contribution < -0.4 is 10.6 Å². The van der Waals surface area contributed by atoms with Crippen LogP contribution in [-0.4, -0.2) is 92.4 Å². The van der Waals surface area contributed by atoms with Gasteiger partial charge in [0.15, 0.2) is 14.9 Å². The number of pyridine rings is 1. The number of piperidine rings is 1. The van der Waals surface area contributed by atoms with Gasteiger partial charge in [0.05, 0.1) is 36.2 Å². The van der Waals surface area contributed by atoms with Crippen molar-refractivity contribution in [3.63, 3.8) is 0 Å². The fourth-order valence-corrected chi connectivity index (χ4v) is 5.20. The molecule has 2 aromatic heterocycles. The lowest BCUT2D eigenvalue weighted by atomic mass is 10.0. The van der Waals surface area contributed by atoms with E-state index in [9.17, 15) is 26.4 Å². The molecule has 4 rings (SSSR count). The number of likely N-dealkylation sites (N-methyl/N-ethyl adjacent to an activating group) is 1. The number of nitrogens with one attached hydrogen (secondary N) is 2. The molecule has 1 aliphatic heterocycles. The number of likely N-dealkylation sites (tertiary alicyclic amines) is 1. The van der Waals surface area contributed by atoms with Crippen LogP contribution in [-0.2, 0) is 21.2 Å². The highest BCUT2D eigenvalue weighted by molar-refractivity contribution is 7.90. The lowest BCUT2D eigenvalue weighted by Gasteiger charge is -2.33. The highest BCUT2D eigenvalue weighted by Crippen LogP contribution is 2.31. The van der Waals surface area contributed by atoms with Gasteiger partial charge >= 0.3 is 6.18 Å². The van der Waals surface area contributed by atoms with Gasteiger partial charge in [-0.1, -0.05) is 12.0 Å². The molecule has 9 nitrogen and oxygen atoms in total. The third-order valence-electron chi connectivity index (χ3n) is 6.80. The summed E-state index contributed by atoms with van der Waals surface area (Å²) in [6.07, 6.45) is -0.402. The van der Waals surface area contributed by atoms with Crippen molar-refractivity contribution < 1.29 is 26.4 Å². The Bertz CT molecular complexity index is 1550. The average Bonchev–Trinajstić information content (AvgIpc) is 3.24. The number of carbonyl (C=O) groups is 1. The Morgan fingerprint density at radius 1 is 1.17 bits per heavy atom. The number of benzene rings is 1. The molecule has 1 saturated heterocycles. The first-order valence-electron chi connectivity index (χ1n) is 13.1. The maximum atomic E-state index is 13.5. The molecule has 0 aliphatic carbocycles. The minimum Gasteiger partial charge on any atom is -0.382 e. The number of carbonyl (C=O) groups excluding carboxylic acids is 1. The topological polar surface area (TPSA) is 99.6 Å². The zero-order valence-electron chi connectivity index (χ0n) is 23.1. The molecule has 1 aromatic carbocycles. The van der Waals surface area contributed by atoms with Gasteiger partial charge < -0.3 is 20.1 Å². The van der Waals surface area contributed by atoms with E-state index in [4.69, 9.17) is 0 Å². The molecule has 0 unspecified atom stereocenters. The Labute approximate surface area is 237 Å². The summed E-state index contributed by atoms with van der Waals surface area (Å²) in [5, 5.41) is 7.08. The first-order valence-corrected chi connectivity index (χ1v) is 15.0. The van der Waals surface area contributed by atoms with Crippen LogP contribution in [0.5, 0.6) is 0 Å². The lowest BCUT2D eigenvalue weighted by Crippen LogP contribution is -2.43. The molecule has 0 saturated carbocycles. The number of amides is 1. The molecule has 0 bridgehead atoms. The number of hydrogen-bond donors (Lipinski definition) is 2. The SMILES string of the molecule is CN(C)C(=O)CN1CCC(Nc2cccc3c2cc(C#CCNc2ccc(S(C)(=O)=O)nc2)n3CC(F)(F)F)CC1. The van der Waals surface area contributed by atoms with Gasteiger partial charge in [0.1, 0.15) is 6.54 Å². The molecule has 0 atom stereocenters. The van der Waals surface area contributed by atoms with Crippen LogP contribution in [0.1, 0.15) is 18.5 Å². The highest BCUT2D eigenvalue weighted by Gasteiger charge is 2.30. The van der Waals surface area contributed by atoms with Crippen molar-refractivity contribution >= 4 is 38.0 Å². The minimum atomic E-state index is -4.44. The first kappa shape index (κ1) is 30.2. The van der Waals surface area contributed by atoms with Gasteiger partial charge in [-0.15, -0.1) is 0 Å².